The van der Waals surface area contributed by atoms with Crippen molar-refractivity contribution in [3.8, 4) is 0 Å². The van der Waals surface area contributed by atoms with Crippen LogP contribution in [-0.4, -0.2) is 36.9 Å². The van der Waals surface area contributed by atoms with Gasteiger partial charge in [0.15, 0.2) is 0 Å². The third-order valence-electron chi connectivity index (χ3n) is 5.28. The highest BCUT2D eigenvalue weighted by Gasteiger charge is 2.46. The molecule has 2 N–H and O–H groups in total. The van der Waals surface area contributed by atoms with Crippen LogP contribution in [0.15, 0.2) is 12.2 Å². The van der Waals surface area contributed by atoms with Crippen LogP contribution in [0.3, 0.4) is 0 Å². The molecule has 4 nitrogen and oxygen atoms in total. The van der Waals surface area contributed by atoms with Crippen LogP contribution in [0.2, 0.25) is 0 Å². The highest BCUT2D eigenvalue weighted by Crippen LogP contribution is 2.42. The molecule has 0 aromatic heterocycles. The molecule has 0 bridgehead atoms. The van der Waals surface area contributed by atoms with E-state index >= 15 is 0 Å². The molecule has 4 atom stereocenters. The smallest absolute Gasteiger partial charge is 0.308 e. The first-order chi connectivity index (χ1) is 10.9. The second kappa shape index (κ2) is 9.43. The molecule has 0 heterocycles. The lowest BCUT2D eigenvalue weighted by atomic mass is 9.63. The molecule has 0 aromatic rings. The van der Waals surface area contributed by atoms with Crippen molar-refractivity contribution in [1.82, 2.24) is 5.32 Å². The largest absolute Gasteiger partial charge is 0.481 e. The van der Waals surface area contributed by atoms with Gasteiger partial charge >= 0.3 is 5.97 Å². The molecule has 4 unspecified atom stereocenters. The molecule has 134 valence electrons. The van der Waals surface area contributed by atoms with Gasteiger partial charge in [-0.2, -0.15) is 0 Å². The maximum Gasteiger partial charge on any atom is 0.308 e. The highest BCUT2D eigenvalue weighted by molar-refractivity contribution is 5.72. The summed E-state index contributed by atoms with van der Waals surface area (Å²) in [6.45, 7) is 12.9. The van der Waals surface area contributed by atoms with E-state index in [-0.39, 0.29) is 23.3 Å². The predicted molar refractivity (Wildman–Crippen MR) is 94.5 cm³/mol. The summed E-state index contributed by atoms with van der Waals surface area (Å²) in [6, 6.07) is -0.0190. The number of rotatable bonds is 10. The summed E-state index contributed by atoms with van der Waals surface area (Å²) in [5.41, 5.74) is -0.103. The van der Waals surface area contributed by atoms with Gasteiger partial charge in [-0.15, -0.1) is 0 Å². The molecule has 23 heavy (non-hydrogen) atoms. The summed E-state index contributed by atoms with van der Waals surface area (Å²) < 4.78 is 5.36. The summed E-state index contributed by atoms with van der Waals surface area (Å²) in [5, 5.41) is 13.4. The number of nitrogens with one attached hydrogen (secondary N) is 1. The van der Waals surface area contributed by atoms with Crippen LogP contribution < -0.4 is 5.32 Å². The van der Waals surface area contributed by atoms with Crippen LogP contribution in [0.4, 0.5) is 0 Å². The fraction of sp³-hybridized carbons (Fsp3) is 0.842. The average Bonchev–Trinajstić information content (AvgIpc) is 2.51. The van der Waals surface area contributed by atoms with Gasteiger partial charge in [-0.05, 0) is 44.6 Å². The summed E-state index contributed by atoms with van der Waals surface area (Å²) in [6.07, 6.45) is 7.35. The van der Waals surface area contributed by atoms with Crippen molar-refractivity contribution < 1.29 is 14.6 Å². The van der Waals surface area contributed by atoms with Crippen molar-refractivity contribution in [3.63, 3.8) is 0 Å². The van der Waals surface area contributed by atoms with Crippen LogP contribution in [-0.2, 0) is 9.53 Å². The van der Waals surface area contributed by atoms with Gasteiger partial charge in [-0.1, -0.05) is 39.8 Å². The van der Waals surface area contributed by atoms with Crippen molar-refractivity contribution in [2.24, 2.45) is 23.2 Å². The van der Waals surface area contributed by atoms with E-state index in [0.717, 1.165) is 39.0 Å². The van der Waals surface area contributed by atoms with Gasteiger partial charge in [-0.25, -0.2) is 0 Å². The third kappa shape index (κ3) is 5.32. The van der Waals surface area contributed by atoms with Gasteiger partial charge in [0.25, 0.3) is 0 Å². The monoisotopic (exact) mass is 325 g/mol. The van der Waals surface area contributed by atoms with Gasteiger partial charge in [-0.3, -0.25) is 4.79 Å². The van der Waals surface area contributed by atoms with E-state index in [9.17, 15) is 9.90 Å². The molecule has 0 amide bonds. The Morgan fingerprint density at radius 2 is 2.04 bits per heavy atom. The summed E-state index contributed by atoms with van der Waals surface area (Å²) >= 11 is 0. The number of ether oxygens (including phenoxy) is 1. The summed E-state index contributed by atoms with van der Waals surface area (Å²) in [4.78, 5) is 12.0. The molecular weight excluding hydrogens is 290 g/mol. The standard InChI is InChI=1S/C19H35NO3/c1-6-19(5)11-10-15(14(3)4)16(18(21)22)17(19)20-12-8-9-13-23-7-2/h10-11,14-17,20H,6-9,12-13H2,1-5H3,(H,21,22). The molecule has 1 aliphatic rings. The highest BCUT2D eigenvalue weighted by atomic mass is 16.5. The molecular formula is C19H35NO3. The van der Waals surface area contributed by atoms with Crippen molar-refractivity contribution in [3.05, 3.63) is 12.2 Å². The van der Waals surface area contributed by atoms with E-state index in [1.165, 1.54) is 0 Å². The maximum absolute atomic E-state index is 12.0. The van der Waals surface area contributed by atoms with E-state index in [4.69, 9.17) is 4.74 Å². The van der Waals surface area contributed by atoms with Crippen LogP contribution in [0.25, 0.3) is 0 Å². The maximum atomic E-state index is 12.0. The van der Waals surface area contributed by atoms with Gasteiger partial charge in [0, 0.05) is 24.7 Å². The minimum Gasteiger partial charge on any atom is -0.481 e. The number of carbonyl (C=O) groups is 1. The second-order valence-corrected chi connectivity index (χ2v) is 7.24. The molecule has 0 saturated carbocycles. The Hall–Kier alpha value is -0.870. The van der Waals surface area contributed by atoms with E-state index in [2.05, 4.69) is 45.2 Å². The quantitative estimate of drug-likeness (QED) is 0.475. The summed E-state index contributed by atoms with van der Waals surface area (Å²) in [5.74, 6) is -0.625. The first-order valence-electron chi connectivity index (χ1n) is 9.10. The van der Waals surface area contributed by atoms with Crippen molar-refractivity contribution >= 4 is 5.97 Å². The third-order valence-corrected chi connectivity index (χ3v) is 5.28. The Balaban J connectivity index is 2.79. The Kier molecular flexibility index (Phi) is 8.27. The van der Waals surface area contributed by atoms with Gasteiger partial charge in [0.05, 0.1) is 5.92 Å². The normalized spacial score (nSPS) is 30.8. The van der Waals surface area contributed by atoms with Crippen LogP contribution >= 0.6 is 0 Å². The number of hydrogen-bond acceptors (Lipinski definition) is 3. The minimum absolute atomic E-state index is 0.0190. The predicted octanol–water partition coefficient (Wildman–Crippen LogP) is 3.72. The zero-order chi connectivity index (χ0) is 17.5. The summed E-state index contributed by atoms with van der Waals surface area (Å²) in [7, 11) is 0. The number of carboxylic acid groups (broad SMARTS) is 1. The zero-order valence-electron chi connectivity index (χ0n) is 15.5. The Morgan fingerprint density at radius 1 is 1.35 bits per heavy atom. The minimum atomic E-state index is -0.681. The number of aliphatic carboxylic acids is 1. The molecule has 0 fully saturated rings. The molecule has 1 rings (SSSR count). The molecule has 0 aliphatic heterocycles. The van der Waals surface area contributed by atoms with Crippen molar-refractivity contribution in [2.75, 3.05) is 19.8 Å². The molecule has 4 heteroatoms. The average molecular weight is 325 g/mol. The molecule has 0 aromatic carbocycles. The zero-order valence-corrected chi connectivity index (χ0v) is 15.5. The lowest BCUT2D eigenvalue weighted by Crippen LogP contribution is -2.55. The topological polar surface area (TPSA) is 58.6 Å². The molecule has 0 saturated heterocycles. The number of unbranched alkanes of at least 4 members (excludes halogenated alkanes) is 1. The fourth-order valence-electron chi connectivity index (χ4n) is 3.56. The molecule has 0 spiro atoms. The van der Waals surface area contributed by atoms with E-state index < -0.39 is 5.97 Å². The van der Waals surface area contributed by atoms with Crippen molar-refractivity contribution in [2.45, 2.75) is 59.9 Å². The molecule has 1 aliphatic carbocycles. The fourth-order valence-corrected chi connectivity index (χ4v) is 3.56. The first-order valence-corrected chi connectivity index (χ1v) is 9.10. The lowest BCUT2D eigenvalue weighted by molar-refractivity contribution is -0.146. The lowest BCUT2D eigenvalue weighted by Gasteiger charge is -2.45. The van der Waals surface area contributed by atoms with E-state index in [1.54, 1.807) is 0 Å². The van der Waals surface area contributed by atoms with E-state index in [1.807, 2.05) is 6.92 Å². The first kappa shape index (κ1) is 20.2. The molecule has 0 radical (unpaired) electrons. The van der Waals surface area contributed by atoms with Crippen LogP contribution in [0.1, 0.15) is 53.9 Å². The van der Waals surface area contributed by atoms with Crippen LogP contribution in [0, 0.1) is 23.2 Å². The van der Waals surface area contributed by atoms with Gasteiger partial charge < -0.3 is 15.2 Å². The van der Waals surface area contributed by atoms with Crippen molar-refractivity contribution in [1.29, 1.82) is 0 Å². The Labute approximate surface area is 141 Å². The Bertz CT molecular complexity index is 394. The number of allylic oxidation sites excluding steroid dienone is 1. The number of hydrogen-bond donors (Lipinski definition) is 2. The number of carboxylic acids is 1. The SMILES string of the molecule is CCOCCCCNC1C(C(=O)O)C(C(C)C)C=CC1(C)CC. The van der Waals surface area contributed by atoms with E-state index in [0.29, 0.717) is 5.92 Å². The second-order valence-electron chi connectivity index (χ2n) is 7.24. The Morgan fingerprint density at radius 3 is 2.57 bits per heavy atom. The van der Waals surface area contributed by atoms with Crippen LogP contribution in [0.5, 0.6) is 0 Å². The van der Waals surface area contributed by atoms with Gasteiger partial charge in [0.1, 0.15) is 0 Å². The van der Waals surface area contributed by atoms with Gasteiger partial charge in [0.2, 0.25) is 0 Å².